The lowest BCUT2D eigenvalue weighted by Gasteiger charge is -2.33. The third-order valence-corrected chi connectivity index (χ3v) is 6.11. The first-order chi connectivity index (χ1) is 13.7. The molecule has 1 saturated heterocycles. The Morgan fingerprint density at radius 3 is 2.43 bits per heavy atom. The van der Waals surface area contributed by atoms with Crippen molar-refractivity contribution in [2.75, 3.05) is 26.2 Å². The first-order valence-corrected chi connectivity index (χ1v) is 10.6. The normalized spacial score (nSPS) is 17.9. The lowest BCUT2D eigenvalue weighted by atomic mass is 9.49. The SMILES string of the molecule is [B][B]c1ccccc1C(CC)C([B])NCCN1CCC(c2ccccc2)CC1. The predicted molar refractivity (Wildman–Crippen MR) is 123 cm³/mol. The Bertz CT molecular complexity index is 702. The van der Waals surface area contributed by atoms with E-state index in [4.69, 9.17) is 15.6 Å². The van der Waals surface area contributed by atoms with Crippen molar-refractivity contribution in [2.24, 2.45) is 0 Å². The zero-order chi connectivity index (χ0) is 19.8. The molecule has 1 N–H and O–H groups in total. The van der Waals surface area contributed by atoms with Gasteiger partial charge in [0.15, 0.2) is 0 Å². The Morgan fingerprint density at radius 2 is 1.75 bits per heavy atom. The van der Waals surface area contributed by atoms with Gasteiger partial charge in [-0.2, -0.15) is 0 Å². The van der Waals surface area contributed by atoms with Crippen molar-refractivity contribution in [3.8, 4) is 0 Å². The molecular weight excluding hydrogens is 337 g/mol. The second-order valence-corrected chi connectivity index (χ2v) is 7.82. The molecule has 1 fully saturated rings. The van der Waals surface area contributed by atoms with Gasteiger partial charge in [0.25, 0.3) is 0 Å². The molecule has 3 rings (SSSR count). The molecule has 0 spiro atoms. The average molecular weight is 367 g/mol. The van der Waals surface area contributed by atoms with E-state index in [1.54, 1.807) is 7.17 Å². The molecule has 141 valence electrons. The quantitative estimate of drug-likeness (QED) is 0.686. The minimum atomic E-state index is -0.0621. The van der Waals surface area contributed by atoms with Gasteiger partial charge in [-0.15, -0.1) is 0 Å². The molecule has 2 aromatic rings. The molecule has 28 heavy (non-hydrogen) atoms. The Hall–Kier alpha value is -1.45. The van der Waals surface area contributed by atoms with Crippen molar-refractivity contribution >= 4 is 28.2 Å². The van der Waals surface area contributed by atoms with Crippen LogP contribution in [0.15, 0.2) is 54.6 Å². The lowest BCUT2D eigenvalue weighted by molar-refractivity contribution is 0.211. The summed E-state index contributed by atoms with van der Waals surface area (Å²) in [6.07, 6.45) is 3.47. The zero-order valence-electron chi connectivity index (χ0n) is 17.1. The van der Waals surface area contributed by atoms with E-state index < -0.39 is 0 Å². The van der Waals surface area contributed by atoms with Crippen molar-refractivity contribution < 1.29 is 0 Å². The fourth-order valence-corrected chi connectivity index (χ4v) is 4.41. The third-order valence-electron chi connectivity index (χ3n) is 6.11. The van der Waals surface area contributed by atoms with Crippen molar-refractivity contribution in [3.63, 3.8) is 0 Å². The number of nitrogens with one attached hydrogen (secondary N) is 1. The van der Waals surface area contributed by atoms with Gasteiger partial charge in [0, 0.05) is 20.8 Å². The summed E-state index contributed by atoms with van der Waals surface area (Å²) in [5.74, 6) is 0.911. The molecule has 2 nitrogen and oxygen atoms in total. The van der Waals surface area contributed by atoms with Crippen LogP contribution in [0.25, 0.3) is 0 Å². The third kappa shape index (κ3) is 5.55. The van der Waals surface area contributed by atoms with Crippen LogP contribution in [0.5, 0.6) is 0 Å². The Kier molecular flexibility index (Phi) is 8.30. The van der Waals surface area contributed by atoms with Crippen LogP contribution in [0.4, 0.5) is 0 Å². The summed E-state index contributed by atoms with van der Waals surface area (Å²) < 4.78 is 0. The minimum absolute atomic E-state index is 0.0621. The van der Waals surface area contributed by atoms with Crippen molar-refractivity contribution in [2.45, 2.75) is 44.0 Å². The molecular formula is C23H30B3N2. The number of piperidine rings is 1. The Labute approximate surface area is 174 Å². The second-order valence-electron chi connectivity index (χ2n) is 7.82. The van der Waals surface area contributed by atoms with Gasteiger partial charge in [-0.25, -0.2) is 0 Å². The van der Waals surface area contributed by atoms with E-state index in [9.17, 15) is 0 Å². The van der Waals surface area contributed by atoms with E-state index in [1.807, 2.05) is 6.07 Å². The van der Waals surface area contributed by atoms with Crippen LogP contribution in [-0.4, -0.2) is 59.8 Å². The van der Waals surface area contributed by atoms with Crippen LogP contribution >= 0.6 is 0 Å². The molecule has 0 aromatic heterocycles. The summed E-state index contributed by atoms with van der Waals surface area (Å²) in [6, 6.07) is 19.2. The fraction of sp³-hybridized carbons (Fsp3) is 0.478. The van der Waals surface area contributed by atoms with Crippen molar-refractivity contribution in [1.82, 2.24) is 10.2 Å². The van der Waals surface area contributed by atoms with Crippen LogP contribution in [0.3, 0.4) is 0 Å². The highest BCUT2D eigenvalue weighted by Crippen LogP contribution is 2.27. The van der Waals surface area contributed by atoms with Gasteiger partial charge in [0.2, 0.25) is 0 Å². The van der Waals surface area contributed by atoms with E-state index in [1.165, 1.54) is 37.1 Å². The first-order valence-electron chi connectivity index (χ1n) is 10.6. The molecule has 1 aliphatic rings. The topological polar surface area (TPSA) is 15.3 Å². The van der Waals surface area contributed by atoms with Crippen molar-refractivity contribution in [1.29, 1.82) is 0 Å². The summed E-state index contributed by atoms with van der Waals surface area (Å²) in [5.41, 5.74) is 3.80. The predicted octanol–water partition coefficient (Wildman–Crippen LogP) is 2.56. The molecule has 2 aromatic carbocycles. The van der Waals surface area contributed by atoms with Crippen LogP contribution < -0.4 is 10.8 Å². The standard InChI is InChI=1S/C23H30B3N2/c1-2-20(21-10-6-7-11-22(21)26-25)23(24)27-14-17-28-15-12-19(13-16-28)18-8-4-3-5-9-18/h3-11,19-20,23,27H,2,12-17H2,1H3. The average Bonchev–Trinajstić information content (AvgIpc) is 2.76. The lowest BCUT2D eigenvalue weighted by Crippen LogP contribution is -2.43. The summed E-state index contributed by atoms with van der Waals surface area (Å²) in [6.45, 7) is 6.49. The van der Waals surface area contributed by atoms with Gasteiger partial charge in [0.1, 0.15) is 0 Å². The largest absolute Gasteiger partial charge is 0.321 e. The molecule has 1 aliphatic heterocycles. The Morgan fingerprint density at radius 1 is 1.07 bits per heavy atom. The smallest absolute Gasteiger partial charge is 0.0960 e. The monoisotopic (exact) mass is 367 g/mol. The fourth-order valence-electron chi connectivity index (χ4n) is 4.41. The second kappa shape index (κ2) is 10.9. The maximum atomic E-state index is 6.51. The van der Waals surface area contributed by atoms with Gasteiger partial charge in [-0.3, -0.25) is 0 Å². The van der Waals surface area contributed by atoms with Crippen LogP contribution in [0.2, 0.25) is 0 Å². The van der Waals surface area contributed by atoms with E-state index in [-0.39, 0.29) is 11.9 Å². The summed E-state index contributed by atoms with van der Waals surface area (Å²) in [4.78, 5) is 2.56. The van der Waals surface area contributed by atoms with Crippen LogP contribution in [0, 0.1) is 0 Å². The van der Waals surface area contributed by atoms with Gasteiger partial charge in [0.05, 0.1) is 15.0 Å². The zero-order valence-corrected chi connectivity index (χ0v) is 17.1. The Balaban J connectivity index is 1.44. The van der Waals surface area contributed by atoms with E-state index in [2.05, 4.69) is 65.7 Å². The van der Waals surface area contributed by atoms with Gasteiger partial charge >= 0.3 is 0 Å². The maximum absolute atomic E-state index is 6.51. The molecule has 5 radical (unpaired) electrons. The molecule has 1 heterocycles. The van der Waals surface area contributed by atoms with E-state index >= 15 is 0 Å². The van der Waals surface area contributed by atoms with Gasteiger partial charge in [-0.1, -0.05) is 72.5 Å². The molecule has 0 aliphatic carbocycles. The molecule has 0 saturated carbocycles. The number of hydrogen-bond donors (Lipinski definition) is 1. The maximum Gasteiger partial charge on any atom is 0.0960 e. The number of hydrogen-bond acceptors (Lipinski definition) is 2. The van der Waals surface area contributed by atoms with E-state index in [0.29, 0.717) is 5.92 Å². The van der Waals surface area contributed by atoms with Gasteiger partial charge < -0.3 is 10.2 Å². The molecule has 5 heteroatoms. The minimum Gasteiger partial charge on any atom is -0.321 e. The first kappa shape index (κ1) is 21.3. The highest BCUT2D eigenvalue weighted by molar-refractivity contribution is 6.97. The molecule has 0 amide bonds. The summed E-state index contributed by atoms with van der Waals surface area (Å²) in [7, 11) is 14.0. The van der Waals surface area contributed by atoms with Crippen LogP contribution in [-0.2, 0) is 0 Å². The molecule has 0 bridgehead atoms. The number of benzene rings is 2. The number of likely N-dealkylation sites (tertiary alicyclic amines) is 1. The summed E-state index contributed by atoms with van der Waals surface area (Å²) in [5, 5.41) is 3.56. The van der Waals surface area contributed by atoms with Crippen LogP contribution in [0.1, 0.15) is 49.1 Å². The number of rotatable bonds is 9. The molecule has 2 atom stereocenters. The summed E-state index contributed by atoms with van der Waals surface area (Å²) >= 11 is 0. The van der Waals surface area contributed by atoms with Gasteiger partial charge in [-0.05, 0) is 55.7 Å². The molecule has 2 unspecified atom stereocenters. The van der Waals surface area contributed by atoms with Crippen molar-refractivity contribution in [3.05, 3.63) is 65.7 Å². The van der Waals surface area contributed by atoms with E-state index in [0.717, 1.165) is 25.0 Å². The number of nitrogens with zero attached hydrogens (tertiary/aromatic N) is 1. The highest BCUT2D eigenvalue weighted by Gasteiger charge is 2.21. The highest BCUT2D eigenvalue weighted by atomic mass is 15.1.